The number of ether oxygens (including phenoxy) is 2. The first-order valence-corrected chi connectivity index (χ1v) is 4.46. The van der Waals surface area contributed by atoms with Crippen molar-refractivity contribution in [3.05, 3.63) is 30.3 Å². The fourth-order valence-electron chi connectivity index (χ4n) is 1.04. The van der Waals surface area contributed by atoms with E-state index in [0.717, 1.165) is 0 Å². The smallest absolute Gasteiger partial charge is 0.214 e. The second kappa shape index (κ2) is 5.93. The summed E-state index contributed by atoms with van der Waals surface area (Å²) in [5.41, 5.74) is 0. The molecule has 80 valence electrons. The molecule has 1 aromatic carbocycles. The molecule has 0 saturated carbocycles. The molecule has 4 nitrogen and oxygen atoms in total. The highest BCUT2D eigenvalue weighted by molar-refractivity contribution is 5.97. The van der Waals surface area contributed by atoms with Gasteiger partial charge in [0, 0.05) is 7.11 Å². The van der Waals surface area contributed by atoms with Gasteiger partial charge >= 0.3 is 0 Å². The highest BCUT2D eigenvalue weighted by Gasteiger charge is 2.18. The first kappa shape index (κ1) is 11.4. The van der Waals surface area contributed by atoms with Crippen LogP contribution in [0, 0.1) is 0 Å². The van der Waals surface area contributed by atoms with Gasteiger partial charge in [0.1, 0.15) is 12.4 Å². The van der Waals surface area contributed by atoms with Crippen LogP contribution < -0.4 is 4.74 Å². The topological polar surface area (TPSA) is 52.6 Å². The minimum atomic E-state index is -1.09. The molecule has 0 aliphatic carbocycles. The molecule has 0 saturated heterocycles. The molecule has 0 bridgehead atoms. The van der Waals surface area contributed by atoms with E-state index in [2.05, 4.69) is 4.74 Å². The van der Waals surface area contributed by atoms with Crippen molar-refractivity contribution < 1.29 is 19.1 Å². The molecule has 0 aromatic heterocycles. The van der Waals surface area contributed by atoms with Crippen LogP contribution in [0.25, 0.3) is 0 Å². The standard InChI is InChI=1S/C11H12O4/c1-14-8-10(13)11(7-12)15-9-5-3-2-4-6-9/h2-7,11H,8H2,1H3. The Labute approximate surface area is 87.8 Å². The molecule has 0 fully saturated rings. The van der Waals surface area contributed by atoms with Crippen LogP contribution >= 0.6 is 0 Å². The lowest BCUT2D eigenvalue weighted by atomic mass is 10.2. The van der Waals surface area contributed by atoms with E-state index >= 15 is 0 Å². The third kappa shape index (κ3) is 3.52. The Morgan fingerprint density at radius 1 is 1.40 bits per heavy atom. The van der Waals surface area contributed by atoms with Crippen LogP contribution in [0.5, 0.6) is 5.75 Å². The number of hydrogen-bond donors (Lipinski definition) is 0. The van der Waals surface area contributed by atoms with Crippen LogP contribution in [0.4, 0.5) is 0 Å². The van der Waals surface area contributed by atoms with E-state index in [1.165, 1.54) is 7.11 Å². The van der Waals surface area contributed by atoms with Crippen molar-refractivity contribution in [1.29, 1.82) is 0 Å². The zero-order valence-corrected chi connectivity index (χ0v) is 8.38. The molecule has 0 N–H and O–H groups in total. The molecule has 0 spiro atoms. The van der Waals surface area contributed by atoms with Crippen molar-refractivity contribution in [3.63, 3.8) is 0 Å². The molecule has 15 heavy (non-hydrogen) atoms. The summed E-state index contributed by atoms with van der Waals surface area (Å²) < 4.78 is 9.82. The summed E-state index contributed by atoms with van der Waals surface area (Å²) in [6, 6.07) is 8.70. The highest BCUT2D eigenvalue weighted by Crippen LogP contribution is 2.10. The SMILES string of the molecule is COCC(=O)C(C=O)Oc1ccccc1. The monoisotopic (exact) mass is 208 g/mol. The minimum Gasteiger partial charge on any atom is -0.475 e. The molecule has 1 aromatic rings. The molecular weight excluding hydrogens is 196 g/mol. The Hall–Kier alpha value is -1.68. The molecule has 0 heterocycles. The molecule has 1 rings (SSSR count). The predicted molar refractivity (Wildman–Crippen MR) is 53.8 cm³/mol. The average molecular weight is 208 g/mol. The number of aldehydes is 1. The van der Waals surface area contributed by atoms with Crippen LogP contribution in [-0.2, 0) is 14.3 Å². The Bertz CT molecular complexity index is 321. The van der Waals surface area contributed by atoms with E-state index in [-0.39, 0.29) is 6.61 Å². The molecule has 0 aliphatic rings. The number of carbonyl (C=O) groups excluding carboxylic acids is 2. The fraction of sp³-hybridized carbons (Fsp3) is 0.273. The van der Waals surface area contributed by atoms with Gasteiger partial charge in [-0.1, -0.05) is 18.2 Å². The maximum Gasteiger partial charge on any atom is 0.214 e. The van der Waals surface area contributed by atoms with Crippen LogP contribution in [0.15, 0.2) is 30.3 Å². The number of Topliss-reactive ketones (excluding diaryl/α,β-unsaturated/α-hetero) is 1. The number of hydrogen-bond acceptors (Lipinski definition) is 4. The quantitative estimate of drug-likeness (QED) is 0.513. The minimum absolute atomic E-state index is 0.129. The van der Waals surface area contributed by atoms with Crippen molar-refractivity contribution in [2.45, 2.75) is 6.10 Å². The lowest BCUT2D eigenvalue weighted by molar-refractivity contribution is -0.133. The summed E-state index contributed by atoms with van der Waals surface area (Å²) in [5.74, 6) is 0.0930. The number of ketones is 1. The Morgan fingerprint density at radius 3 is 2.60 bits per heavy atom. The Morgan fingerprint density at radius 2 is 2.07 bits per heavy atom. The summed E-state index contributed by atoms with van der Waals surface area (Å²) in [5, 5.41) is 0. The first-order chi connectivity index (χ1) is 7.27. The first-order valence-electron chi connectivity index (χ1n) is 4.46. The maximum atomic E-state index is 11.3. The number of benzene rings is 1. The average Bonchev–Trinajstić information content (AvgIpc) is 2.27. The molecule has 1 unspecified atom stereocenters. The molecule has 4 heteroatoms. The fourth-order valence-corrected chi connectivity index (χ4v) is 1.04. The van der Waals surface area contributed by atoms with Crippen molar-refractivity contribution in [2.75, 3.05) is 13.7 Å². The van der Waals surface area contributed by atoms with Gasteiger partial charge in [0.15, 0.2) is 6.29 Å². The molecule has 0 aliphatic heterocycles. The Kier molecular flexibility index (Phi) is 4.50. The van der Waals surface area contributed by atoms with Crippen molar-refractivity contribution in [2.24, 2.45) is 0 Å². The summed E-state index contributed by atoms with van der Waals surface area (Å²) in [7, 11) is 1.39. The number of carbonyl (C=O) groups is 2. The van der Waals surface area contributed by atoms with Crippen molar-refractivity contribution in [1.82, 2.24) is 0 Å². The van der Waals surface area contributed by atoms with E-state index in [4.69, 9.17) is 4.74 Å². The molecule has 1 atom stereocenters. The van der Waals surface area contributed by atoms with E-state index in [1.807, 2.05) is 6.07 Å². The molecular formula is C11H12O4. The normalized spacial score (nSPS) is 11.8. The van der Waals surface area contributed by atoms with Gasteiger partial charge in [-0.05, 0) is 12.1 Å². The van der Waals surface area contributed by atoms with Crippen molar-refractivity contribution >= 4 is 12.1 Å². The predicted octanol–water partition coefficient (Wildman–Crippen LogP) is 0.848. The van der Waals surface area contributed by atoms with Gasteiger partial charge in [-0.15, -0.1) is 0 Å². The lowest BCUT2D eigenvalue weighted by Gasteiger charge is -2.11. The summed E-state index contributed by atoms with van der Waals surface area (Å²) in [6.45, 7) is -0.129. The van der Waals surface area contributed by atoms with E-state index in [0.29, 0.717) is 12.0 Å². The number of methoxy groups -OCH3 is 1. The van der Waals surface area contributed by atoms with Gasteiger partial charge < -0.3 is 9.47 Å². The van der Waals surface area contributed by atoms with Crippen LogP contribution in [0.1, 0.15) is 0 Å². The zero-order valence-electron chi connectivity index (χ0n) is 8.38. The maximum absolute atomic E-state index is 11.3. The summed E-state index contributed by atoms with van der Waals surface area (Å²) in [4.78, 5) is 21.9. The summed E-state index contributed by atoms with van der Waals surface area (Å²) >= 11 is 0. The second-order valence-corrected chi connectivity index (χ2v) is 2.89. The van der Waals surface area contributed by atoms with E-state index < -0.39 is 11.9 Å². The highest BCUT2D eigenvalue weighted by atomic mass is 16.5. The van der Waals surface area contributed by atoms with Gasteiger partial charge in [0.2, 0.25) is 11.9 Å². The summed E-state index contributed by atoms with van der Waals surface area (Å²) in [6.07, 6.45) is -0.624. The van der Waals surface area contributed by atoms with Crippen LogP contribution in [0.3, 0.4) is 0 Å². The molecule has 0 amide bonds. The van der Waals surface area contributed by atoms with Gasteiger partial charge in [-0.2, -0.15) is 0 Å². The van der Waals surface area contributed by atoms with E-state index in [9.17, 15) is 9.59 Å². The van der Waals surface area contributed by atoms with Gasteiger partial charge in [-0.3, -0.25) is 9.59 Å². The molecule has 0 radical (unpaired) electrons. The number of para-hydroxylation sites is 1. The largest absolute Gasteiger partial charge is 0.475 e. The van der Waals surface area contributed by atoms with Crippen LogP contribution in [-0.4, -0.2) is 31.9 Å². The van der Waals surface area contributed by atoms with Gasteiger partial charge in [-0.25, -0.2) is 0 Å². The van der Waals surface area contributed by atoms with Gasteiger partial charge in [0.25, 0.3) is 0 Å². The van der Waals surface area contributed by atoms with Gasteiger partial charge in [0.05, 0.1) is 0 Å². The third-order valence-corrected chi connectivity index (χ3v) is 1.73. The third-order valence-electron chi connectivity index (χ3n) is 1.73. The van der Waals surface area contributed by atoms with E-state index in [1.54, 1.807) is 24.3 Å². The van der Waals surface area contributed by atoms with Crippen LogP contribution in [0.2, 0.25) is 0 Å². The second-order valence-electron chi connectivity index (χ2n) is 2.89. The Balaban J connectivity index is 2.62. The number of rotatable bonds is 6. The lowest BCUT2D eigenvalue weighted by Crippen LogP contribution is -2.31. The van der Waals surface area contributed by atoms with Crippen molar-refractivity contribution in [3.8, 4) is 5.75 Å². The zero-order chi connectivity index (χ0) is 11.1.